The number of fused-ring (bicyclic) bond motifs is 1. The third-order valence-corrected chi connectivity index (χ3v) is 4.86. The summed E-state index contributed by atoms with van der Waals surface area (Å²) in [5, 5.41) is 2.39. The Morgan fingerprint density at radius 3 is 2.64 bits per heavy atom. The molecule has 0 amide bonds. The lowest BCUT2D eigenvalue weighted by molar-refractivity contribution is 0.609. The molecule has 25 heavy (non-hydrogen) atoms. The molecule has 0 saturated heterocycles. The zero-order chi connectivity index (χ0) is 18.0. The fourth-order valence-corrected chi connectivity index (χ4v) is 3.09. The van der Waals surface area contributed by atoms with E-state index in [9.17, 15) is 8.42 Å². The van der Waals surface area contributed by atoms with Gasteiger partial charge in [-0.05, 0) is 23.8 Å². The Bertz CT molecular complexity index is 1070. The zero-order valence-corrected chi connectivity index (χ0v) is 15.1. The van der Waals surface area contributed by atoms with Crippen LogP contribution in [0.25, 0.3) is 23.2 Å². The molecule has 0 aliphatic rings. The smallest absolute Gasteiger partial charge is 0.254 e. The van der Waals surface area contributed by atoms with Crippen molar-refractivity contribution in [1.29, 1.82) is 0 Å². The van der Waals surface area contributed by atoms with Crippen molar-refractivity contribution in [2.45, 2.75) is 0 Å². The molecule has 2 heterocycles. The van der Waals surface area contributed by atoms with Crippen LogP contribution in [0.2, 0.25) is 5.02 Å². The molecule has 0 bridgehead atoms. The van der Waals surface area contributed by atoms with Crippen LogP contribution in [0.5, 0.6) is 0 Å². The van der Waals surface area contributed by atoms with E-state index in [1.165, 1.54) is 6.20 Å². The van der Waals surface area contributed by atoms with Gasteiger partial charge in [-0.25, -0.2) is 13.4 Å². The Labute approximate surface area is 151 Å². The summed E-state index contributed by atoms with van der Waals surface area (Å²) >= 11 is 5.89. The maximum absolute atomic E-state index is 11.6. The Hall–Kier alpha value is -2.57. The second-order valence-corrected chi connectivity index (χ2v) is 7.55. The van der Waals surface area contributed by atoms with Crippen LogP contribution in [-0.2, 0) is 17.1 Å². The van der Waals surface area contributed by atoms with Gasteiger partial charge in [-0.1, -0.05) is 42.5 Å². The molecule has 128 valence electrons. The molecule has 0 aliphatic carbocycles. The van der Waals surface area contributed by atoms with Crippen LogP contribution in [0, 0.1) is 0 Å². The van der Waals surface area contributed by atoms with Crippen molar-refractivity contribution in [3.8, 4) is 0 Å². The Morgan fingerprint density at radius 1 is 1.24 bits per heavy atom. The van der Waals surface area contributed by atoms with Gasteiger partial charge in [-0.2, -0.15) is 0 Å². The average molecular weight is 374 g/mol. The zero-order valence-electron chi connectivity index (χ0n) is 13.5. The Kier molecular flexibility index (Phi) is 4.65. The molecule has 2 aromatic heterocycles. The average Bonchev–Trinajstić information content (AvgIpc) is 2.90. The standard InChI is InChI=1S/C18H16ClN3O2S/c1-3-25(23,24)21-16-10-17-14(12-22(2)18(17)20-11-16)7-4-13-5-8-15(19)9-6-13/h3-12,21H,1H2,2H3/b7-4+. The van der Waals surface area contributed by atoms with Gasteiger partial charge in [-0.15, -0.1) is 0 Å². The van der Waals surface area contributed by atoms with Gasteiger partial charge in [-0.3, -0.25) is 4.72 Å². The van der Waals surface area contributed by atoms with Crippen molar-refractivity contribution in [1.82, 2.24) is 9.55 Å². The number of rotatable bonds is 5. The summed E-state index contributed by atoms with van der Waals surface area (Å²) in [6.07, 6.45) is 7.34. The minimum absolute atomic E-state index is 0.389. The quantitative estimate of drug-likeness (QED) is 0.725. The maximum atomic E-state index is 11.6. The highest BCUT2D eigenvalue weighted by molar-refractivity contribution is 7.95. The van der Waals surface area contributed by atoms with Crippen molar-refractivity contribution in [2.24, 2.45) is 7.05 Å². The molecule has 0 unspecified atom stereocenters. The van der Waals surface area contributed by atoms with Crippen LogP contribution < -0.4 is 4.72 Å². The molecular formula is C18H16ClN3O2S. The molecule has 0 fully saturated rings. The summed E-state index contributed by atoms with van der Waals surface area (Å²) in [5.74, 6) is 0. The lowest BCUT2D eigenvalue weighted by Gasteiger charge is -2.04. The van der Waals surface area contributed by atoms with E-state index in [4.69, 9.17) is 11.6 Å². The van der Waals surface area contributed by atoms with E-state index < -0.39 is 10.0 Å². The van der Waals surface area contributed by atoms with Gasteiger partial charge in [0.2, 0.25) is 0 Å². The molecule has 0 aliphatic heterocycles. The third kappa shape index (κ3) is 3.92. The van der Waals surface area contributed by atoms with Crippen LogP contribution in [0.15, 0.2) is 54.7 Å². The van der Waals surface area contributed by atoms with E-state index in [1.54, 1.807) is 6.07 Å². The van der Waals surface area contributed by atoms with Gasteiger partial charge < -0.3 is 4.57 Å². The fraction of sp³-hybridized carbons (Fsp3) is 0.0556. The van der Waals surface area contributed by atoms with Crippen molar-refractivity contribution in [3.05, 3.63) is 70.9 Å². The number of nitrogens with one attached hydrogen (secondary N) is 1. The van der Waals surface area contributed by atoms with Crippen molar-refractivity contribution in [2.75, 3.05) is 4.72 Å². The first kappa shape index (κ1) is 17.3. The van der Waals surface area contributed by atoms with E-state index in [0.29, 0.717) is 10.7 Å². The number of pyridine rings is 1. The summed E-state index contributed by atoms with van der Waals surface area (Å²) in [6, 6.07) is 9.25. The summed E-state index contributed by atoms with van der Waals surface area (Å²) in [7, 11) is -1.68. The van der Waals surface area contributed by atoms with E-state index in [2.05, 4.69) is 16.3 Å². The molecule has 0 radical (unpaired) electrons. The number of halogens is 1. The van der Waals surface area contributed by atoms with E-state index in [1.807, 2.05) is 54.2 Å². The van der Waals surface area contributed by atoms with Crippen molar-refractivity contribution < 1.29 is 8.42 Å². The van der Waals surface area contributed by atoms with E-state index >= 15 is 0 Å². The van der Waals surface area contributed by atoms with Gasteiger partial charge in [0.05, 0.1) is 11.9 Å². The van der Waals surface area contributed by atoms with Crippen LogP contribution in [-0.4, -0.2) is 18.0 Å². The summed E-state index contributed by atoms with van der Waals surface area (Å²) in [4.78, 5) is 4.34. The monoisotopic (exact) mass is 373 g/mol. The van der Waals surface area contributed by atoms with Crippen LogP contribution in [0.3, 0.4) is 0 Å². The normalized spacial score (nSPS) is 11.9. The minimum Gasteiger partial charge on any atom is -0.335 e. The first-order chi connectivity index (χ1) is 11.9. The Balaban J connectivity index is 2.00. The highest BCUT2D eigenvalue weighted by atomic mass is 35.5. The number of sulfonamides is 1. The molecule has 1 N–H and O–H groups in total. The molecule has 0 atom stereocenters. The highest BCUT2D eigenvalue weighted by Crippen LogP contribution is 2.24. The third-order valence-electron chi connectivity index (χ3n) is 3.65. The second-order valence-electron chi connectivity index (χ2n) is 5.49. The molecule has 0 spiro atoms. The summed E-state index contributed by atoms with van der Waals surface area (Å²) in [5.41, 5.74) is 3.09. The van der Waals surface area contributed by atoms with Crippen LogP contribution >= 0.6 is 11.6 Å². The fourth-order valence-electron chi connectivity index (χ4n) is 2.44. The van der Waals surface area contributed by atoms with Crippen molar-refractivity contribution in [3.63, 3.8) is 0 Å². The van der Waals surface area contributed by atoms with Gasteiger partial charge in [0.1, 0.15) is 5.65 Å². The molecule has 0 saturated carbocycles. The number of hydrogen-bond acceptors (Lipinski definition) is 3. The molecular weight excluding hydrogens is 358 g/mol. The van der Waals surface area contributed by atoms with Gasteiger partial charge in [0, 0.05) is 34.6 Å². The molecule has 5 nitrogen and oxygen atoms in total. The Morgan fingerprint density at radius 2 is 1.96 bits per heavy atom. The number of aromatic nitrogens is 2. The molecule has 3 aromatic rings. The molecule has 3 rings (SSSR count). The largest absolute Gasteiger partial charge is 0.335 e. The first-order valence-corrected chi connectivity index (χ1v) is 9.34. The predicted molar refractivity (Wildman–Crippen MR) is 104 cm³/mol. The number of nitrogens with zero attached hydrogens (tertiary/aromatic N) is 2. The van der Waals surface area contributed by atoms with Gasteiger partial charge >= 0.3 is 0 Å². The van der Waals surface area contributed by atoms with Gasteiger partial charge in [0.15, 0.2) is 0 Å². The minimum atomic E-state index is -3.57. The number of hydrogen-bond donors (Lipinski definition) is 1. The molecule has 7 heteroatoms. The van der Waals surface area contributed by atoms with Crippen LogP contribution in [0.1, 0.15) is 11.1 Å². The number of aryl methyl sites for hydroxylation is 1. The first-order valence-electron chi connectivity index (χ1n) is 7.42. The predicted octanol–water partition coefficient (Wildman–Crippen LogP) is 4.28. The summed E-state index contributed by atoms with van der Waals surface area (Å²) in [6.45, 7) is 3.29. The highest BCUT2D eigenvalue weighted by Gasteiger charge is 2.10. The van der Waals surface area contributed by atoms with Crippen molar-refractivity contribution >= 4 is 50.5 Å². The number of benzene rings is 1. The van der Waals surface area contributed by atoms with E-state index in [0.717, 1.165) is 27.6 Å². The molecule has 1 aromatic carbocycles. The SMILES string of the molecule is C=CS(=O)(=O)Nc1cnc2c(c1)c(/C=C/c1ccc(Cl)cc1)cn2C. The lowest BCUT2D eigenvalue weighted by Crippen LogP contribution is -2.08. The lowest BCUT2D eigenvalue weighted by atomic mass is 10.1. The van der Waals surface area contributed by atoms with Crippen LogP contribution in [0.4, 0.5) is 5.69 Å². The second kappa shape index (κ2) is 6.74. The maximum Gasteiger partial charge on any atom is 0.254 e. The van der Waals surface area contributed by atoms with E-state index in [-0.39, 0.29) is 0 Å². The topological polar surface area (TPSA) is 64.0 Å². The summed E-state index contributed by atoms with van der Waals surface area (Å²) < 4.78 is 27.6. The van der Waals surface area contributed by atoms with Gasteiger partial charge in [0.25, 0.3) is 10.0 Å². The number of anilines is 1.